The van der Waals surface area contributed by atoms with Crippen molar-refractivity contribution in [3.63, 3.8) is 0 Å². The van der Waals surface area contributed by atoms with Gasteiger partial charge in [0.1, 0.15) is 5.58 Å². The van der Waals surface area contributed by atoms with Gasteiger partial charge in [-0.2, -0.15) is 0 Å². The number of benzene rings is 2. The Morgan fingerprint density at radius 3 is 2.75 bits per heavy atom. The van der Waals surface area contributed by atoms with Crippen LogP contribution in [0.5, 0.6) is 0 Å². The summed E-state index contributed by atoms with van der Waals surface area (Å²) < 4.78 is 5.29. The molecule has 3 rings (SSSR count). The minimum absolute atomic E-state index is 0.442. The lowest BCUT2D eigenvalue weighted by molar-refractivity contribution is 0.234. The van der Waals surface area contributed by atoms with Crippen LogP contribution in [0, 0.1) is 0 Å². The molecule has 0 amide bonds. The van der Waals surface area contributed by atoms with Crippen molar-refractivity contribution in [1.82, 2.24) is 5.48 Å². The Morgan fingerprint density at radius 1 is 1.10 bits per heavy atom. The molecule has 0 aliphatic heterocycles. The van der Waals surface area contributed by atoms with E-state index < -0.39 is 0 Å². The van der Waals surface area contributed by atoms with Crippen LogP contribution in [-0.2, 0) is 6.54 Å². The van der Waals surface area contributed by atoms with Gasteiger partial charge in [-0.1, -0.05) is 30.3 Å². The first-order chi connectivity index (χ1) is 9.86. The lowest BCUT2D eigenvalue weighted by Crippen LogP contribution is -2.20. The largest absolute Gasteiger partial charge is 0.464 e. The Morgan fingerprint density at radius 2 is 1.95 bits per heavy atom. The fraction of sp³-hybridized carbons (Fsp3) is 0.0625. The Bertz CT molecular complexity index is 732. The maximum atomic E-state index is 9.28. The van der Waals surface area contributed by atoms with Gasteiger partial charge in [0.2, 0.25) is 0 Å². The average Bonchev–Trinajstić information content (AvgIpc) is 2.96. The molecule has 0 spiro atoms. The quantitative estimate of drug-likeness (QED) is 0.434. The van der Waals surface area contributed by atoms with Gasteiger partial charge in [-0.25, -0.2) is 0 Å². The lowest BCUT2D eigenvalue weighted by atomic mass is 10.1. The molecule has 0 atom stereocenters. The van der Waals surface area contributed by atoms with E-state index in [0.717, 1.165) is 22.1 Å². The number of aliphatic imine (C=N–C) groups is 1. The average molecular weight is 266 g/mol. The molecular weight excluding hydrogens is 252 g/mol. The smallest absolute Gasteiger partial charge is 0.152 e. The molecule has 0 aliphatic rings. The van der Waals surface area contributed by atoms with Gasteiger partial charge in [0.25, 0.3) is 0 Å². The SMILES string of the molecule is ONC(=NCc1ccccc1)c1ccc2occc2c1. The van der Waals surface area contributed by atoms with Crippen LogP contribution >= 0.6 is 0 Å². The summed E-state index contributed by atoms with van der Waals surface area (Å²) in [6.07, 6.45) is 1.64. The Labute approximate surface area is 116 Å². The zero-order chi connectivity index (χ0) is 13.8. The topological polar surface area (TPSA) is 57.8 Å². The molecule has 0 saturated heterocycles. The molecule has 3 aromatic rings. The molecule has 2 N–H and O–H groups in total. The number of nitrogens with one attached hydrogen (secondary N) is 1. The van der Waals surface area contributed by atoms with Gasteiger partial charge in [-0.15, -0.1) is 0 Å². The zero-order valence-electron chi connectivity index (χ0n) is 10.8. The van der Waals surface area contributed by atoms with E-state index in [0.29, 0.717) is 12.4 Å². The molecule has 0 unspecified atom stereocenters. The molecule has 0 saturated carbocycles. The normalized spacial score (nSPS) is 11.8. The molecule has 4 nitrogen and oxygen atoms in total. The van der Waals surface area contributed by atoms with Crippen molar-refractivity contribution >= 4 is 16.8 Å². The highest BCUT2D eigenvalue weighted by molar-refractivity contribution is 6.00. The van der Waals surface area contributed by atoms with Crippen molar-refractivity contribution in [2.24, 2.45) is 4.99 Å². The van der Waals surface area contributed by atoms with E-state index in [-0.39, 0.29) is 0 Å². The highest BCUT2D eigenvalue weighted by Gasteiger charge is 2.05. The van der Waals surface area contributed by atoms with Crippen molar-refractivity contribution in [3.8, 4) is 0 Å². The standard InChI is InChI=1S/C16H14N2O2/c19-18-16(17-11-12-4-2-1-3-5-12)14-6-7-15-13(10-14)8-9-20-15/h1-10,19H,11H2,(H,17,18). The maximum Gasteiger partial charge on any atom is 0.152 e. The van der Waals surface area contributed by atoms with Gasteiger partial charge in [-0.3, -0.25) is 15.7 Å². The number of nitrogens with zero attached hydrogens (tertiary/aromatic N) is 1. The highest BCUT2D eigenvalue weighted by atomic mass is 16.5. The number of fused-ring (bicyclic) bond motifs is 1. The van der Waals surface area contributed by atoms with Crippen molar-refractivity contribution in [2.45, 2.75) is 6.54 Å². The minimum Gasteiger partial charge on any atom is -0.464 e. The van der Waals surface area contributed by atoms with Crippen molar-refractivity contribution in [1.29, 1.82) is 0 Å². The van der Waals surface area contributed by atoms with Crippen LogP contribution < -0.4 is 5.48 Å². The van der Waals surface area contributed by atoms with E-state index in [4.69, 9.17) is 4.42 Å². The third-order valence-corrected chi connectivity index (χ3v) is 3.09. The maximum absolute atomic E-state index is 9.28. The summed E-state index contributed by atoms with van der Waals surface area (Å²) in [6, 6.07) is 17.4. The molecule has 0 fully saturated rings. The number of furan rings is 1. The molecular formula is C16H14N2O2. The summed E-state index contributed by atoms with van der Waals surface area (Å²) in [6.45, 7) is 0.507. The molecule has 1 heterocycles. The fourth-order valence-corrected chi connectivity index (χ4v) is 2.06. The summed E-state index contributed by atoms with van der Waals surface area (Å²) in [5, 5.41) is 10.3. The number of amidine groups is 1. The number of hydrogen-bond acceptors (Lipinski definition) is 3. The highest BCUT2D eigenvalue weighted by Crippen LogP contribution is 2.17. The van der Waals surface area contributed by atoms with Gasteiger partial charge < -0.3 is 4.42 Å². The van der Waals surface area contributed by atoms with E-state index in [1.807, 2.05) is 54.6 Å². The van der Waals surface area contributed by atoms with E-state index in [9.17, 15) is 5.21 Å². The van der Waals surface area contributed by atoms with Crippen LogP contribution in [0.15, 0.2) is 70.3 Å². The van der Waals surface area contributed by atoms with Crippen molar-refractivity contribution in [2.75, 3.05) is 0 Å². The van der Waals surface area contributed by atoms with Crippen LogP contribution in [0.25, 0.3) is 11.0 Å². The molecule has 0 bridgehead atoms. The molecule has 0 radical (unpaired) electrons. The molecule has 1 aromatic heterocycles. The number of rotatable bonds is 3. The van der Waals surface area contributed by atoms with Crippen LogP contribution in [0.1, 0.15) is 11.1 Å². The molecule has 20 heavy (non-hydrogen) atoms. The molecule has 4 heteroatoms. The predicted octanol–water partition coefficient (Wildman–Crippen LogP) is 3.36. The summed E-state index contributed by atoms with van der Waals surface area (Å²) in [4.78, 5) is 4.40. The second kappa shape index (κ2) is 5.59. The fourth-order valence-electron chi connectivity index (χ4n) is 2.06. The third-order valence-electron chi connectivity index (χ3n) is 3.09. The molecule has 100 valence electrons. The second-order valence-electron chi connectivity index (χ2n) is 4.44. The Hall–Kier alpha value is -2.59. The van der Waals surface area contributed by atoms with Crippen LogP contribution in [0.2, 0.25) is 0 Å². The van der Waals surface area contributed by atoms with E-state index >= 15 is 0 Å². The summed E-state index contributed by atoms with van der Waals surface area (Å²) in [5.41, 5.74) is 4.88. The lowest BCUT2D eigenvalue weighted by Gasteiger charge is -2.05. The molecule has 2 aromatic carbocycles. The summed E-state index contributed by atoms with van der Waals surface area (Å²) in [5.74, 6) is 0.442. The minimum atomic E-state index is 0.442. The second-order valence-corrected chi connectivity index (χ2v) is 4.44. The van der Waals surface area contributed by atoms with Crippen LogP contribution in [0.4, 0.5) is 0 Å². The van der Waals surface area contributed by atoms with Crippen LogP contribution in [0.3, 0.4) is 0 Å². The number of hydroxylamine groups is 1. The van der Waals surface area contributed by atoms with Gasteiger partial charge >= 0.3 is 0 Å². The summed E-state index contributed by atoms with van der Waals surface area (Å²) in [7, 11) is 0. The Kier molecular flexibility index (Phi) is 3.48. The van der Waals surface area contributed by atoms with Crippen LogP contribution in [-0.4, -0.2) is 11.0 Å². The van der Waals surface area contributed by atoms with E-state index in [1.165, 1.54) is 0 Å². The van der Waals surface area contributed by atoms with Crippen molar-refractivity contribution in [3.05, 3.63) is 72.0 Å². The monoisotopic (exact) mass is 266 g/mol. The van der Waals surface area contributed by atoms with E-state index in [1.54, 1.807) is 6.26 Å². The summed E-state index contributed by atoms with van der Waals surface area (Å²) >= 11 is 0. The van der Waals surface area contributed by atoms with Gasteiger partial charge in [0.05, 0.1) is 12.8 Å². The zero-order valence-corrected chi connectivity index (χ0v) is 10.8. The number of hydrogen-bond donors (Lipinski definition) is 2. The van der Waals surface area contributed by atoms with Gasteiger partial charge in [-0.05, 0) is 29.8 Å². The predicted molar refractivity (Wildman–Crippen MR) is 77.8 cm³/mol. The van der Waals surface area contributed by atoms with E-state index in [2.05, 4.69) is 10.5 Å². The Balaban J connectivity index is 1.88. The first-order valence-electron chi connectivity index (χ1n) is 6.33. The first-order valence-corrected chi connectivity index (χ1v) is 6.33. The van der Waals surface area contributed by atoms with Crippen molar-refractivity contribution < 1.29 is 9.62 Å². The molecule has 0 aliphatic carbocycles. The van der Waals surface area contributed by atoms with Gasteiger partial charge in [0.15, 0.2) is 5.84 Å². The first kappa shape index (κ1) is 12.4. The van der Waals surface area contributed by atoms with Gasteiger partial charge in [0, 0.05) is 10.9 Å². The third kappa shape index (κ3) is 2.55.